The monoisotopic (exact) mass is 619 g/mol. The zero-order chi connectivity index (χ0) is 33.0. The summed E-state index contributed by atoms with van der Waals surface area (Å²) in [5, 5.41) is 47.8. The molecule has 45 heavy (non-hydrogen) atoms. The first-order valence-electron chi connectivity index (χ1n) is 14.7. The minimum atomic E-state index is -2.69. The molecule has 12 heteroatoms. The number of aliphatic hydroxyl groups is 3. The lowest BCUT2D eigenvalue weighted by Gasteiger charge is -2.50. The summed E-state index contributed by atoms with van der Waals surface area (Å²) in [5.74, 6) is -6.74. The number of phenolic OH excluding ortho intramolecular Hbond substituents is 1. The van der Waals surface area contributed by atoms with Crippen LogP contribution in [0.2, 0.25) is 0 Å². The molecule has 0 heterocycles. The normalized spacial score (nSPS) is 24.4. The predicted molar refractivity (Wildman–Crippen MR) is 163 cm³/mol. The van der Waals surface area contributed by atoms with Crippen molar-refractivity contribution >= 4 is 29.3 Å². The van der Waals surface area contributed by atoms with E-state index in [0.29, 0.717) is 17.7 Å². The third-order valence-corrected chi connectivity index (χ3v) is 8.85. The van der Waals surface area contributed by atoms with Gasteiger partial charge in [0.15, 0.2) is 11.4 Å². The van der Waals surface area contributed by atoms with E-state index in [-0.39, 0.29) is 42.2 Å². The van der Waals surface area contributed by atoms with Crippen LogP contribution in [0.3, 0.4) is 0 Å². The van der Waals surface area contributed by atoms with Crippen LogP contribution in [0.1, 0.15) is 37.0 Å². The summed E-state index contributed by atoms with van der Waals surface area (Å²) in [4.78, 5) is 52.9. The molecule has 0 saturated heterocycles. The van der Waals surface area contributed by atoms with E-state index in [2.05, 4.69) is 5.32 Å². The van der Waals surface area contributed by atoms with Crippen LogP contribution in [-0.2, 0) is 32.1 Å². The van der Waals surface area contributed by atoms with E-state index in [9.17, 15) is 39.6 Å². The van der Waals surface area contributed by atoms with Gasteiger partial charge in [0.2, 0.25) is 5.78 Å². The van der Waals surface area contributed by atoms with Gasteiger partial charge in [0.1, 0.15) is 22.8 Å². The summed E-state index contributed by atoms with van der Waals surface area (Å²) in [5.41, 5.74) is 4.44. The number of amides is 2. The van der Waals surface area contributed by atoms with Crippen molar-refractivity contribution in [3.05, 3.63) is 70.0 Å². The van der Waals surface area contributed by atoms with Crippen molar-refractivity contribution in [2.24, 2.45) is 23.5 Å². The second-order valence-electron chi connectivity index (χ2n) is 12.5. The van der Waals surface area contributed by atoms with E-state index >= 15 is 0 Å². The molecule has 1 saturated carbocycles. The number of likely N-dealkylation sites (N-methyl/N-ethyl adjacent to an activating group) is 1. The van der Waals surface area contributed by atoms with E-state index in [4.69, 9.17) is 10.5 Å². The number of rotatable bonds is 7. The molecule has 2 amide bonds. The van der Waals surface area contributed by atoms with Crippen LogP contribution in [0, 0.1) is 17.8 Å². The third kappa shape index (κ3) is 5.23. The molecule has 4 atom stereocenters. The van der Waals surface area contributed by atoms with E-state index in [1.807, 2.05) is 38.1 Å². The van der Waals surface area contributed by atoms with Gasteiger partial charge >= 0.3 is 6.09 Å². The molecule has 3 aliphatic carbocycles. The molecule has 12 nitrogen and oxygen atoms in total. The molecule has 2 aromatic rings. The van der Waals surface area contributed by atoms with Crippen LogP contribution >= 0.6 is 0 Å². The van der Waals surface area contributed by atoms with E-state index in [1.54, 1.807) is 20.2 Å². The van der Waals surface area contributed by atoms with E-state index < -0.39 is 64.1 Å². The van der Waals surface area contributed by atoms with Crippen LogP contribution in [-0.4, -0.2) is 81.2 Å². The Bertz CT molecular complexity index is 1660. The van der Waals surface area contributed by atoms with Crippen molar-refractivity contribution in [1.82, 2.24) is 10.2 Å². The van der Waals surface area contributed by atoms with Crippen molar-refractivity contribution < 1.29 is 44.3 Å². The lowest BCUT2D eigenvalue weighted by molar-refractivity contribution is -0.153. The molecule has 0 spiro atoms. The number of fused-ring (bicyclic) bond motifs is 3. The lowest BCUT2D eigenvalue weighted by Crippen LogP contribution is -2.65. The number of carbonyl (C=O) groups is 4. The first-order chi connectivity index (χ1) is 21.2. The fourth-order valence-electron chi connectivity index (χ4n) is 6.78. The number of nitrogens with one attached hydrogen (secondary N) is 1. The first-order valence-corrected chi connectivity index (χ1v) is 14.7. The number of hydrogen-bond donors (Lipinski definition) is 6. The zero-order valence-electron chi connectivity index (χ0n) is 25.5. The van der Waals surface area contributed by atoms with Crippen molar-refractivity contribution in [3.8, 4) is 16.9 Å². The SMILES string of the molecule is CC(C)COC(=O)NCc1ccc(-c2ccc(O)c3c2CC2CC4[C@H](N(C)C)C(=O)C(C(N)=O)=C(O)[C@@]4(O)C(=O)C2=C3O)cc1. The van der Waals surface area contributed by atoms with Crippen LogP contribution in [0.4, 0.5) is 4.79 Å². The number of benzene rings is 2. The van der Waals surface area contributed by atoms with Gasteiger partial charge in [-0.3, -0.25) is 19.3 Å². The van der Waals surface area contributed by atoms with E-state index in [0.717, 1.165) is 11.1 Å². The predicted octanol–water partition coefficient (Wildman–Crippen LogP) is 2.51. The summed E-state index contributed by atoms with van der Waals surface area (Å²) in [6.45, 7) is 4.44. The Morgan fingerprint density at radius 3 is 2.36 bits per heavy atom. The maximum Gasteiger partial charge on any atom is 0.407 e. The summed E-state index contributed by atoms with van der Waals surface area (Å²) in [6.07, 6.45) is -0.347. The second-order valence-corrected chi connectivity index (χ2v) is 12.5. The molecule has 3 aliphatic rings. The number of hydrogen-bond acceptors (Lipinski definition) is 10. The standard InChI is InChI=1S/C33H37N3O9/c1-15(2)14-45-32(43)35-13-16-5-7-17(8-6-16)19-9-10-22(37)24-20(19)11-18-12-21-26(36(3)4)28(39)25(31(34)42)30(41)33(21,44)29(40)23(18)27(24)38/h5-10,15,18,21,26,37-38,41,44H,11-14H2,1-4H3,(H2,34,42)(H,35,43)/t18?,21?,26-,33-/m0/s1. The molecule has 0 aromatic heterocycles. The van der Waals surface area contributed by atoms with E-state index in [1.165, 1.54) is 11.0 Å². The van der Waals surface area contributed by atoms with Gasteiger partial charge in [-0.1, -0.05) is 44.2 Å². The first kappa shape index (κ1) is 31.7. The fourth-order valence-corrected chi connectivity index (χ4v) is 6.78. The highest BCUT2D eigenvalue weighted by molar-refractivity contribution is 6.24. The molecular formula is C33H37N3O9. The largest absolute Gasteiger partial charge is 0.508 e. The molecular weight excluding hydrogens is 582 g/mol. The van der Waals surface area contributed by atoms with Crippen LogP contribution in [0.25, 0.3) is 16.9 Å². The number of nitrogens with zero attached hydrogens (tertiary/aromatic N) is 1. The van der Waals surface area contributed by atoms with Crippen LogP contribution in [0.15, 0.2) is 53.3 Å². The summed E-state index contributed by atoms with van der Waals surface area (Å²) >= 11 is 0. The van der Waals surface area contributed by atoms with Gasteiger partial charge in [-0.15, -0.1) is 0 Å². The molecule has 0 radical (unpaired) electrons. The Kier molecular flexibility index (Phi) is 8.23. The average Bonchev–Trinajstić information content (AvgIpc) is 2.97. The molecule has 7 N–H and O–H groups in total. The number of primary amides is 1. The Labute approximate surface area is 259 Å². The van der Waals surface area contributed by atoms with Crippen molar-refractivity contribution in [2.75, 3.05) is 20.7 Å². The maximum absolute atomic E-state index is 14.0. The number of nitrogens with two attached hydrogens (primary N) is 1. The molecule has 1 fully saturated rings. The van der Waals surface area contributed by atoms with Crippen molar-refractivity contribution in [1.29, 1.82) is 0 Å². The Morgan fingerprint density at radius 2 is 1.76 bits per heavy atom. The van der Waals surface area contributed by atoms with Gasteiger partial charge < -0.3 is 36.2 Å². The van der Waals surface area contributed by atoms with Gasteiger partial charge in [-0.2, -0.15) is 0 Å². The van der Waals surface area contributed by atoms with Gasteiger partial charge in [-0.05, 0) is 67.1 Å². The summed E-state index contributed by atoms with van der Waals surface area (Å²) in [7, 11) is 3.11. The van der Waals surface area contributed by atoms with Crippen molar-refractivity contribution in [3.63, 3.8) is 0 Å². The minimum absolute atomic E-state index is 0.00161. The Morgan fingerprint density at radius 1 is 1.09 bits per heavy atom. The molecule has 2 unspecified atom stereocenters. The molecule has 238 valence electrons. The van der Waals surface area contributed by atoms with Crippen LogP contribution < -0.4 is 11.1 Å². The Balaban J connectivity index is 1.53. The van der Waals surface area contributed by atoms with Gasteiger partial charge in [0.05, 0.1) is 18.2 Å². The van der Waals surface area contributed by atoms with Gasteiger partial charge in [0, 0.05) is 18.0 Å². The van der Waals surface area contributed by atoms with Gasteiger partial charge in [-0.25, -0.2) is 4.79 Å². The highest BCUT2D eigenvalue weighted by Gasteiger charge is 2.64. The van der Waals surface area contributed by atoms with Crippen LogP contribution in [0.5, 0.6) is 5.75 Å². The lowest BCUT2D eigenvalue weighted by atomic mass is 9.57. The quantitative estimate of drug-likeness (QED) is 0.250. The number of carbonyl (C=O) groups excluding carboxylic acids is 4. The molecule has 5 rings (SSSR count). The highest BCUT2D eigenvalue weighted by Crippen LogP contribution is 2.53. The number of ether oxygens (including phenoxy) is 1. The Hall–Kier alpha value is -4.68. The topological polar surface area (TPSA) is 200 Å². The smallest absolute Gasteiger partial charge is 0.407 e. The zero-order valence-corrected chi connectivity index (χ0v) is 25.5. The second kappa shape index (κ2) is 11.7. The van der Waals surface area contributed by atoms with Gasteiger partial charge in [0.25, 0.3) is 5.91 Å². The number of ketones is 2. The number of aliphatic hydroxyl groups excluding tert-OH is 2. The summed E-state index contributed by atoms with van der Waals surface area (Å²) < 4.78 is 5.14. The third-order valence-electron chi connectivity index (χ3n) is 8.85. The molecule has 0 bridgehead atoms. The number of phenols is 1. The maximum atomic E-state index is 14.0. The van der Waals surface area contributed by atoms with Crippen molar-refractivity contribution in [2.45, 2.75) is 44.9 Å². The molecule has 2 aromatic carbocycles. The average molecular weight is 620 g/mol. The molecule has 0 aliphatic heterocycles. The summed E-state index contributed by atoms with van der Waals surface area (Å²) in [6, 6.07) is 9.25. The number of Topliss-reactive ketones (excluding diaryl/α,β-unsaturated/α-hetero) is 2. The number of alkyl carbamates (subject to hydrolysis) is 1. The number of aromatic hydroxyl groups is 1. The minimum Gasteiger partial charge on any atom is -0.508 e. The fraction of sp³-hybridized carbons (Fsp3) is 0.394. The highest BCUT2D eigenvalue weighted by atomic mass is 16.5.